The van der Waals surface area contributed by atoms with E-state index >= 15 is 0 Å². The lowest BCUT2D eigenvalue weighted by molar-refractivity contribution is 1.28. The highest BCUT2D eigenvalue weighted by Gasteiger charge is 2.05. The Morgan fingerprint density at radius 3 is 2.32 bits per heavy atom. The van der Waals surface area contributed by atoms with Crippen molar-refractivity contribution in [1.82, 2.24) is 9.97 Å². The van der Waals surface area contributed by atoms with Crippen molar-refractivity contribution < 1.29 is 0 Å². The van der Waals surface area contributed by atoms with E-state index in [1.807, 2.05) is 36.4 Å². The molecule has 0 saturated carbocycles. The molecule has 0 radical (unpaired) electrons. The Bertz CT molecular complexity index is 651. The summed E-state index contributed by atoms with van der Waals surface area (Å²) in [5, 5.41) is 3.32. The number of nitrogens with one attached hydrogen (secondary N) is 1. The van der Waals surface area contributed by atoms with Crippen LogP contribution in [0.2, 0.25) is 0 Å². The van der Waals surface area contributed by atoms with Gasteiger partial charge in [0.15, 0.2) is 0 Å². The zero-order valence-corrected chi connectivity index (χ0v) is 10.3. The third-order valence-corrected chi connectivity index (χ3v) is 2.84. The maximum Gasteiger partial charge on any atom is 0.138 e. The van der Waals surface area contributed by atoms with Crippen molar-refractivity contribution in [2.75, 3.05) is 5.32 Å². The topological polar surface area (TPSA) is 37.8 Å². The molecule has 0 atom stereocenters. The largest absolute Gasteiger partial charge is 0.340 e. The molecule has 3 nitrogen and oxygen atoms in total. The maximum atomic E-state index is 4.42. The lowest BCUT2D eigenvalue weighted by Crippen LogP contribution is -1.96. The molecule has 2 aromatic heterocycles. The molecule has 2 heterocycles. The lowest BCUT2D eigenvalue weighted by Gasteiger charge is -2.10. The maximum absolute atomic E-state index is 4.42. The summed E-state index contributed by atoms with van der Waals surface area (Å²) in [4.78, 5) is 8.43. The fraction of sp³-hybridized carbons (Fsp3) is 0. The first-order valence-electron chi connectivity index (χ1n) is 6.11. The Morgan fingerprint density at radius 1 is 0.737 bits per heavy atom. The van der Waals surface area contributed by atoms with Crippen LogP contribution in [-0.2, 0) is 0 Å². The van der Waals surface area contributed by atoms with Gasteiger partial charge in [-0.1, -0.05) is 30.3 Å². The lowest BCUT2D eigenvalue weighted by atomic mass is 10.1. The van der Waals surface area contributed by atoms with E-state index in [4.69, 9.17) is 0 Å². The van der Waals surface area contributed by atoms with Crippen LogP contribution in [-0.4, -0.2) is 9.97 Å². The summed E-state index contributed by atoms with van der Waals surface area (Å²) in [7, 11) is 0. The number of aromatic nitrogens is 2. The van der Waals surface area contributed by atoms with Gasteiger partial charge in [0.1, 0.15) is 5.82 Å². The summed E-state index contributed by atoms with van der Waals surface area (Å²) in [6, 6.07) is 18.1. The molecule has 1 N–H and O–H groups in total. The van der Waals surface area contributed by atoms with Gasteiger partial charge in [-0.25, -0.2) is 4.98 Å². The number of nitrogens with zero attached hydrogens (tertiary/aromatic N) is 2. The molecule has 0 aliphatic carbocycles. The monoisotopic (exact) mass is 247 g/mol. The highest BCUT2D eigenvalue weighted by Crippen LogP contribution is 2.27. The van der Waals surface area contributed by atoms with Crippen LogP contribution in [0.1, 0.15) is 0 Å². The molecule has 3 heteroatoms. The van der Waals surface area contributed by atoms with E-state index in [0.29, 0.717) is 0 Å². The first-order valence-corrected chi connectivity index (χ1v) is 6.11. The van der Waals surface area contributed by atoms with Gasteiger partial charge in [0, 0.05) is 29.8 Å². The van der Waals surface area contributed by atoms with Crippen LogP contribution >= 0.6 is 0 Å². The number of anilines is 2. The number of pyridine rings is 2. The van der Waals surface area contributed by atoms with Crippen molar-refractivity contribution in [3.8, 4) is 11.1 Å². The molecule has 0 amide bonds. The van der Waals surface area contributed by atoms with Gasteiger partial charge in [0.05, 0.1) is 0 Å². The molecule has 0 unspecified atom stereocenters. The molecule has 0 aliphatic heterocycles. The van der Waals surface area contributed by atoms with Gasteiger partial charge < -0.3 is 5.32 Å². The van der Waals surface area contributed by atoms with Gasteiger partial charge in [0.25, 0.3) is 0 Å². The summed E-state index contributed by atoms with van der Waals surface area (Å²) >= 11 is 0. The van der Waals surface area contributed by atoms with Gasteiger partial charge >= 0.3 is 0 Å². The average Bonchev–Trinajstić information content (AvgIpc) is 2.50. The van der Waals surface area contributed by atoms with Gasteiger partial charge in [-0.05, 0) is 29.8 Å². The Morgan fingerprint density at radius 2 is 1.53 bits per heavy atom. The van der Waals surface area contributed by atoms with Crippen molar-refractivity contribution in [2.45, 2.75) is 0 Å². The van der Waals surface area contributed by atoms with Gasteiger partial charge in [0.2, 0.25) is 0 Å². The molecule has 0 saturated heterocycles. The first kappa shape index (κ1) is 11.4. The fourth-order valence-corrected chi connectivity index (χ4v) is 1.93. The molecule has 92 valence electrons. The van der Waals surface area contributed by atoms with Crippen LogP contribution in [0.15, 0.2) is 73.2 Å². The van der Waals surface area contributed by atoms with Crippen LogP contribution in [0.5, 0.6) is 0 Å². The first-order chi connectivity index (χ1) is 9.43. The van der Waals surface area contributed by atoms with E-state index in [0.717, 1.165) is 22.6 Å². The third-order valence-electron chi connectivity index (χ3n) is 2.84. The smallest absolute Gasteiger partial charge is 0.138 e. The highest BCUT2D eigenvalue weighted by atomic mass is 15.0. The van der Waals surface area contributed by atoms with Crippen molar-refractivity contribution in [3.63, 3.8) is 0 Å². The SMILES string of the molecule is c1ccc(-c2cccnc2Nc2ccncc2)cc1. The van der Waals surface area contributed by atoms with Crippen molar-refractivity contribution in [3.05, 3.63) is 73.2 Å². The third kappa shape index (κ3) is 2.60. The minimum absolute atomic E-state index is 0.847. The van der Waals surface area contributed by atoms with E-state index in [-0.39, 0.29) is 0 Å². The highest BCUT2D eigenvalue weighted by molar-refractivity contribution is 5.77. The number of hydrogen-bond donors (Lipinski definition) is 1. The van der Waals surface area contributed by atoms with Crippen LogP contribution in [0, 0.1) is 0 Å². The van der Waals surface area contributed by atoms with E-state index in [1.165, 1.54) is 0 Å². The Labute approximate surface area is 112 Å². The zero-order chi connectivity index (χ0) is 12.9. The summed E-state index contributed by atoms with van der Waals surface area (Å²) in [5.41, 5.74) is 3.21. The Balaban J connectivity index is 1.99. The molecule has 0 spiro atoms. The van der Waals surface area contributed by atoms with Gasteiger partial charge in [-0.2, -0.15) is 0 Å². The molecule has 0 bridgehead atoms. The Hall–Kier alpha value is -2.68. The summed E-state index contributed by atoms with van der Waals surface area (Å²) in [6.45, 7) is 0. The number of rotatable bonds is 3. The van der Waals surface area contributed by atoms with E-state index in [9.17, 15) is 0 Å². The van der Waals surface area contributed by atoms with Crippen molar-refractivity contribution in [2.24, 2.45) is 0 Å². The van der Waals surface area contributed by atoms with Crippen LogP contribution in [0.3, 0.4) is 0 Å². The molecule has 0 fully saturated rings. The minimum atomic E-state index is 0.847. The zero-order valence-electron chi connectivity index (χ0n) is 10.3. The second kappa shape index (κ2) is 5.31. The van der Waals surface area contributed by atoms with E-state index in [2.05, 4.69) is 33.5 Å². The minimum Gasteiger partial charge on any atom is -0.340 e. The molecule has 3 rings (SSSR count). The van der Waals surface area contributed by atoms with E-state index in [1.54, 1.807) is 18.6 Å². The molecule has 0 aliphatic rings. The van der Waals surface area contributed by atoms with Crippen molar-refractivity contribution in [1.29, 1.82) is 0 Å². The number of hydrogen-bond acceptors (Lipinski definition) is 3. The molecular formula is C16H13N3. The molecular weight excluding hydrogens is 234 g/mol. The molecule has 3 aromatic rings. The fourth-order valence-electron chi connectivity index (χ4n) is 1.93. The molecule has 19 heavy (non-hydrogen) atoms. The normalized spacial score (nSPS) is 10.1. The second-order valence-corrected chi connectivity index (χ2v) is 4.13. The van der Waals surface area contributed by atoms with Gasteiger partial charge in [-0.15, -0.1) is 0 Å². The Kier molecular flexibility index (Phi) is 3.19. The average molecular weight is 247 g/mol. The van der Waals surface area contributed by atoms with Crippen LogP contribution in [0.25, 0.3) is 11.1 Å². The van der Waals surface area contributed by atoms with Crippen molar-refractivity contribution >= 4 is 11.5 Å². The second-order valence-electron chi connectivity index (χ2n) is 4.13. The standard InChI is InChI=1S/C16H13N3/c1-2-5-13(6-3-1)15-7-4-10-18-16(15)19-14-8-11-17-12-9-14/h1-12H,(H,17,18,19). The van der Waals surface area contributed by atoms with Crippen LogP contribution < -0.4 is 5.32 Å². The van der Waals surface area contributed by atoms with Crippen LogP contribution in [0.4, 0.5) is 11.5 Å². The predicted molar refractivity (Wildman–Crippen MR) is 77.2 cm³/mol. The summed E-state index contributed by atoms with van der Waals surface area (Å²) in [6.07, 6.45) is 5.30. The predicted octanol–water partition coefficient (Wildman–Crippen LogP) is 3.89. The summed E-state index contributed by atoms with van der Waals surface area (Å²) in [5.74, 6) is 0.847. The van der Waals surface area contributed by atoms with Gasteiger partial charge in [-0.3, -0.25) is 4.98 Å². The van der Waals surface area contributed by atoms with E-state index < -0.39 is 0 Å². The molecule has 1 aromatic carbocycles. The quantitative estimate of drug-likeness (QED) is 0.763. The summed E-state index contributed by atoms with van der Waals surface area (Å²) < 4.78 is 0. The number of benzene rings is 1.